The largest absolute Gasteiger partial charge is 0.341 e. The molecule has 3 heterocycles. The molecule has 0 radical (unpaired) electrons. The molecule has 0 spiro atoms. The molecule has 2 aliphatic rings. The molecule has 7 nitrogen and oxygen atoms in total. The van der Waals surface area contributed by atoms with E-state index in [1.165, 1.54) is 45.2 Å². The standard InChI is InChI=1S/C24H34N6O/c1-28(23(31)15-25)18-19-6-5-7-20(14-19)21-16-26-24(27-17-21)30-12-8-22(9-13-30)29-10-3-2-4-11-29/h5-7,14,16-17,22H,2-4,8-13,15,18,25H2,1H3. The molecular weight excluding hydrogens is 388 g/mol. The Hall–Kier alpha value is -2.51. The van der Waals surface area contributed by atoms with Crippen LogP contribution >= 0.6 is 0 Å². The van der Waals surface area contributed by atoms with Crippen LogP contribution in [0.2, 0.25) is 0 Å². The van der Waals surface area contributed by atoms with Crippen LogP contribution < -0.4 is 10.6 Å². The number of aromatic nitrogens is 2. The molecule has 31 heavy (non-hydrogen) atoms. The first-order valence-corrected chi connectivity index (χ1v) is 11.5. The van der Waals surface area contributed by atoms with Gasteiger partial charge in [-0.2, -0.15) is 0 Å². The molecule has 4 rings (SSSR count). The molecule has 0 saturated carbocycles. The van der Waals surface area contributed by atoms with Crippen LogP contribution in [0.15, 0.2) is 36.7 Å². The van der Waals surface area contributed by atoms with Crippen molar-refractivity contribution in [3.8, 4) is 11.1 Å². The Bertz CT molecular complexity index is 857. The van der Waals surface area contributed by atoms with Crippen molar-refractivity contribution in [2.24, 2.45) is 5.73 Å². The molecule has 7 heteroatoms. The number of amides is 1. The van der Waals surface area contributed by atoms with E-state index < -0.39 is 0 Å². The van der Waals surface area contributed by atoms with E-state index in [4.69, 9.17) is 5.73 Å². The number of likely N-dealkylation sites (N-methyl/N-ethyl adjacent to an activating group) is 1. The van der Waals surface area contributed by atoms with Gasteiger partial charge in [0.2, 0.25) is 11.9 Å². The first kappa shape index (κ1) is 21.7. The summed E-state index contributed by atoms with van der Waals surface area (Å²) >= 11 is 0. The Morgan fingerprint density at radius 1 is 1.06 bits per heavy atom. The van der Waals surface area contributed by atoms with Crippen LogP contribution in [0, 0.1) is 0 Å². The monoisotopic (exact) mass is 422 g/mol. The predicted octanol–water partition coefficient (Wildman–Crippen LogP) is 2.52. The summed E-state index contributed by atoms with van der Waals surface area (Å²) in [5, 5.41) is 0. The van der Waals surface area contributed by atoms with Gasteiger partial charge in [-0.15, -0.1) is 0 Å². The Morgan fingerprint density at radius 3 is 2.45 bits per heavy atom. The van der Waals surface area contributed by atoms with Gasteiger partial charge in [-0.3, -0.25) is 4.79 Å². The summed E-state index contributed by atoms with van der Waals surface area (Å²) in [5.74, 6) is 0.757. The number of nitrogens with zero attached hydrogens (tertiary/aromatic N) is 5. The van der Waals surface area contributed by atoms with Crippen molar-refractivity contribution in [3.63, 3.8) is 0 Å². The molecule has 2 fully saturated rings. The maximum Gasteiger partial charge on any atom is 0.236 e. The number of carbonyl (C=O) groups excluding carboxylic acids is 1. The number of hydrogen-bond donors (Lipinski definition) is 1. The Kier molecular flexibility index (Phi) is 7.14. The Labute approximate surface area is 185 Å². The van der Waals surface area contributed by atoms with Crippen molar-refractivity contribution < 1.29 is 4.79 Å². The summed E-state index contributed by atoms with van der Waals surface area (Å²) < 4.78 is 0. The molecule has 2 saturated heterocycles. The predicted molar refractivity (Wildman–Crippen MR) is 124 cm³/mol. The number of likely N-dealkylation sites (tertiary alicyclic amines) is 1. The second-order valence-electron chi connectivity index (χ2n) is 8.74. The van der Waals surface area contributed by atoms with Gasteiger partial charge >= 0.3 is 0 Å². The summed E-state index contributed by atoms with van der Waals surface area (Å²) in [4.78, 5) is 27.7. The highest BCUT2D eigenvalue weighted by molar-refractivity contribution is 5.77. The molecule has 0 unspecified atom stereocenters. The van der Waals surface area contributed by atoms with Crippen molar-refractivity contribution in [1.82, 2.24) is 19.8 Å². The minimum absolute atomic E-state index is 0.0285. The van der Waals surface area contributed by atoms with Crippen LogP contribution in [0.1, 0.15) is 37.7 Å². The zero-order valence-corrected chi connectivity index (χ0v) is 18.5. The second kappa shape index (κ2) is 10.2. The average molecular weight is 423 g/mol. The van der Waals surface area contributed by atoms with E-state index in [2.05, 4.69) is 31.9 Å². The van der Waals surface area contributed by atoms with Gasteiger partial charge in [0.25, 0.3) is 0 Å². The highest BCUT2D eigenvalue weighted by Crippen LogP contribution is 2.25. The van der Waals surface area contributed by atoms with Crippen molar-refractivity contribution in [3.05, 3.63) is 42.2 Å². The van der Waals surface area contributed by atoms with E-state index in [0.29, 0.717) is 6.54 Å². The lowest BCUT2D eigenvalue weighted by molar-refractivity contribution is -0.128. The quantitative estimate of drug-likeness (QED) is 0.771. The number of nitrogens with two attached hydrogens (primary N) is 1. The van der Waals surface area contributed by atoms with Gasteiger partial charge in [0, 0.05) is 50.7 Å². The molecule has 0 aliphatic carbocycles. The fourth-order valence-electron chi connectivity index (χ4n) is 4.72. The summed E-state index contributed by atoms with van der Waals surface area (Å²) in [7, 11) is 1.77. The van der Waals surface area contributed by atoms with E-state index in [1.54, 1.807) is 11.9 Å². The molecule has 1 aromatic heterocycles. The van der Waals surface area contributed by atoms with Crippen LogP contribution in [-0.4, -0.2) is 71.5 Å². The first-order chi connectivity index (χ1) is 15.1. The molecule has 1 amide bonds. The third-order valence-corrected chi connectivity index (χ3v) is 6.57. The molecule has 1 aromatic carbocycles. The highest BCUT2D eigenvalue weighted by atomic mass is 16.2. The maximum absolute atomic E-state index is 11.7. The topological polar surface area (TPSA) is 78.6 Å². The van der Waals surface area contributed by atoms with Gasteiger partial charge in [-0.25, -0.2) is 9.97 Å². The van der Waals surface area contributed by atoms with Crippen molar-refractivity contribution in [2.75, 3.05) is 44.7 Å². The van der Waals surface area contributed by atoms with Gasteiger partial charge in [0.05, 0.1) is 6.54 Å². The Morgan fingerprint density at radius 2 is 1.77 bits per heavy atom. The van der Waals surface area contributed by atoms with Crippen LogP contribution in [0.25, 0.3) is 11.1 Å². The normalized spacial score (nSPS) is 18.2. The second-order valence-corrected chi connectivity index (χ2v) is 8.74. The van der Waals surface area contributed by atoms with E-state index >= 15 is 0 Å². The van der Waals surface area contributed by atoms with Crippen LogP contribution in [-0.2, 0) is 11.3 Å². The van der Waals surface area contributed by atoms with Gasteiger partial charge < -0.3 is 20.4 Å². The lowest BCUT2D eigenvalue weighted by Crippen LogP contribution is -2.47. The van der Waals surface area contributed by atoms with Crippen LogP contribution in [0.4, 0.5) is 5.95 Å². The lowest BCUT2D eigenvalue weighted by Gasteiger charge is -2.40. The summed E-state index contributed by atoms with van der Waals surface area (Å²) in [5.41, 5.74) is 8.56. The Balaban J connectivity index is 1.36. The van der Waals surface area contributed by atoms with Gasteiger partial charge in [-0.1, -0.05) is 24.6 Å². The molecule has 166 valence electrons. The fourth-order valence-corrected chi connectivity index (χ4v) is 4.72. The fraction of sp³-hybridized carbons (Fsp3) is 0.542. The molecule has 2 N–H and O–H groups in total. The van der Waals surface area contributed by atoms with E-state index in [9.17, 15) is 4.79 Å². The third kappa shape index (κ3) is 5.40. The van der Waals surface area contributed by atoms with E-state index in [1.807, 2.05) is 24.5 Å². The zero-order chi connectivity index (χ0) is 21.6. The first-order valence-electron chi connectivity index (χ1n) is 11.5. The number of piperidine rings is 2. The average Bonchev–Trinajstić information content (AvgIpc) is 2.84. The van der Waals surface area contributed by atoms with Crippen molar-refractivity contribution in [2.45, 2.75) is 44.7 Å². The minimum Gasteiger partial charge on any atom is -0.341 e. The molecular formula is C24H34N6O. The summed E-state index contributed by atoms with van der Waals surface area (Å²) in [6.07, 6.45) is 10.3. The number of rotatable bonds is 6. The van der Waals surface area contributed by atoms with Crippen LogP contribution in [0.5, 0.6) is 0 Å². The molecule has 2 aromatic rings. The summed E-state index contributed by atoms with van der Waals surface area (Å²) in [6, 6.07) is 8.89. The number of benzene rings is 1. The van der Waals surface area contributed by atoms with E-state index in [0.717, 1.165) is 41.8 Å². The molecule has 0 bridgehead atoms. The smallest absolute Gasteiger partial charge is 0.236 e. The van der Waals surface area contributed by atoms with Gasteiger partial charge in [0.1, 0.15) is 0 Å². The molecule has 0 atom stereocenters. The minimum atomic E-state index is -0.0675. The zero-order valence-electron chi connectivity index (χ0n) is 18.5. The highest BCUT2D eigenvalue weighted by Gasteiger charge is 2.26. The van der Waals surface area contributed by atoms with E-state index in [-0.39, 0.29) is 12.5 Å². The number of hydrogen-bond acceptors (Lipinski definition) is 6. The van der Waals surface area contributed by atoms with Crippen molar-refractivity contribution in [1.29, 1.82) is 0 Å². The van der Waals surface area contributed by atoms with Crippen molar-refractivity contribution >= 4 is 11.9 Å². The van der Waals surface area contributed by atoms with Crippen LogP contribution in [0.3, 0.4) is 0 Å². The third-order valence-electron chi connectivity index (χ3n) is 6.57. The molecule has 2 aliphatic heterocycles. The number of carbonyl (C=O) groups is 1. The van der Waals surface area contributed by atoms with Gasteiger partial charge in [0.15, 0.2) is 0 Å². The van der Waals surface area contributed by atoms with Gasteiger partial charge in [-0.05, 0) is 56.0 Å². The maximum atomic E-state index is 11.7. The SMILES string of the molecule is CN(Cc1cccc(-c2cnc(N3CCC(N4CCCCC4)CC3)nc2)c1)C(=O)CN. The number of anilines is 1. The lowest BCUT2D eigenvalue weighted by atomic mass is 10.00. The summed E-state index contributed by atoms with van der Waals surface area (Å²) in [6.45, 7) is 5.15.